The lowest BCUT2D eigenvalue weighted by Crippen LogP contribution is -2.66. The van der Waals surface area contributed by atoms with E-state index in [2.05, 4.69) is 0 Å². The molecule has 1 amide bonds. The molecule has 1 aromatic carbocycles. The summed E-state index contributed by atoms with van der Waals surface area (Å²) < 4.78 is 42.6. The van der Waals surface area contributed by atoms with Crippen molar-refractivity contribution in [2.45, 2.75) is 50.0 Å². The van der Waals surface area contributed by atoms with E-state index in [9.17, 15) is 28.2 Å². The SMILES string of the molecule is C[C@H]1O[C@H](O)C[C@H](NC(=O)C(F)(F)F)[C@]1(O)Cc1ccccc1. The highest BCUT2D eigenvalue weighted by molar-refractivity contribution is 5.82. The smallest absolute Gasteiger partial charge is 0.385 e. The number of halogens is 3. The molecule has 2 rings (SSSR count). The predicted molar refractivity (Wildman–Crippen MR) is 74.3 cm³/mol. The van der Waals surface area contributed by atoms with Gasteiger partial charge in [0.05, 0.1) is 12.1 Å². The maximum Gasteiger partial charge on any atom is 0.471 e. The third-order valence-electron chi connectivity index (χ3n) is 4.00. The molecule has 23 heavy (non-hydrogen) atoms. The van der Waals surface area contributed by atoms with Crippen LogP contribution in [0.25, 0.3) is 0 Å². The molecule has 1 aliphatic heterocycles. The van der Waals surface area contributed by atoms with E-state index in [4.69, 9.17) is 4.74 Å². The molecule has 0 aliphatic carbocycles. The zero-order valence-corrected chi connectivity index (χ0v) is 12.4. The van der Waals surface area contributed by atoms with Gasteiger partial charge in [0, 0.05) is 12.8 Å². The first kappa shape index (κ1) is 17.7. The quantitative estimate of drug-likeness (QED) is 0.775. The first-order chi connectivity index (χ1) is 10.6. The van der Waals surface area contributed by atoms with Gasteiger partial charge in [-0.1, -0.05) is 30.3 Å². The lowest BCUT2D eigenvalue weighted by Gasteiger charge is -2.46. The molecular weight excluding hydrogens is 315 g/mol. The number of amides is 1. The van der Waals surface area contributed by atoms with Crippen molar-refractivity contribution in [1.29, 1.82) is 0 Å². The van der Waals surface area contributed by atoms with E-state index >= 15 is 0 Å². The van der Waals surface area contributed by atoms with Gasteiger partial charge >= 0.3 is 12.1 Å². The highest BCUT2D eigenvalue weighted by atomic mass is 19.4. The van der Waals surface area contributed by atoms with Crippen LogP contribution in [0.3, 0.4) is 0 Å². The number of rotatable bonds is 3. The number of alkyl halides is 3. The van der Waals surface area contributed by atoms with Crippen molar-refractivity contribution < 1.29 is 32.9 Å². The van der Waals surface area contributed by atoms with Crippen LogP contribution in [0.4, 0.5) is 13.2 Å². The summed E-state index contributed by atoms with van der Waals surface area (Å²) in [5, 5.41) is 22.2. The molecule has 4 atom stereocenters. The van der Waals surface area contributed by atoms with Crippen LogP contribution in [-0.2, 0) is 16.0 Å². The fourth-order valence-electron chi connectivity index (χ4n) is 2.71. The second kappa shape index (κ2) is 6.46. The van der Waals surface area contributed by atoms with Gasteiger partial charge < -0.3 is 20.3 Å². The summed E-state index contributed by atoms with van der Waals surface area (Å²) in [5.74, 6) is -2.16. The lowest BCUT2D eigenvalue weighted by molar-refractivity contribution is -0.243. The minimum atomic E-state index is -5.07. The van der Waals surface area contributed by atoms with E-state index in [-0.39, 0.29) is 12.8 Å². The number of nitrogens with one attached hydrogen (secondary N) is 1. The number of carbonyl (C=O) groups excluding carboxylic acids is 1. The molecule has 1 aromatic rings. The molecule has 1 saturated heterocycles. The summed E-state index contributed by atoms with van der Waals surface area (Å²) in [6.07, 6.45) is -7.76. The Morgan fingerprint density at radius 1 is 1.39 bits per heavy atom. The number of aliphatic hydroxyl groups excluding tert-OH is 1. The minimum absolute atomic E-state index is 0.0233. The van der Waals surface area contributed by atoms with Crippen molar-refractivity contribution >= 4 is 5.91 Å². The molecule has 8 heteroatoms. The average Bonchev–Trinajstić information content (AvgIpc) is 2.44. The zero-order chi connectivity index (χ0) is 17.3. The van der Waals surface area contributed by atoms with Gasteiger partial charge in [-0.25, -0.2) is 0 Å². The highest BCUT2D eigenvalue weighted by Gasteiger charge is 2.51. The fraction of sp³-hybridized carbons (Fsp3) is 0.533. The zero-order valence-electron chi connectivity index (χ0n) is 12.4. The molecule has 0 saturated carbocycles. The van der Waals surface area contributed by atoms with Crippen LogP contribution in [0.2, 0.25) is 0 Å². The molecule has 5 nitrogen and oxygen atoms in total. The van der Waals surface area contributed by atoms with E-state index in [0.717, 1.165) is 0 Å². The topological polar surface area (TPSA) is 78.8 Å². The number of hydrogen-bond acceptors (Lipinski definition) is 4. The van der Waals surface area contributed by atoms with Gasteiger partial charge in [0.2, 0.25) is 0 Å². The van der Waals surface area contributed by atoms with Crippen molar-refractivity contribution in [2.75, 3.05) is 0 Å². The predicted octanol–water partition coefficient (Wildman–Crippen LogP) is 1.13. The maximum atomic E-state index is 12.5. The van der Waals surface area contributed by atoms with Crippen molar-refractivity contribution in [1.82, 2.24) is 5.32 Å². The van der Waals surface area contributed by atoms with Crippen LogP contribution >= 0.6 is 0 Å². The minimum Gasteiger partial charge on any atom is -0.385 e. The van der Waals surface area contributed by atoms with E-state index in [0.29, 0.717) is 5.56 Å². The Bertz CT molecular complexity index is 551. The maximum absolute atomic E-state index is 12.5. The van der Waals surface area contributed by atoms with Crippen LogP contribution < -0.4 is 5.32 Å². The molecule has 3 N–H and O–H groups in total. The number of aliphatic hydroxyl groups is 2. The first-order valence-electron chi connectivity index (χ1n) is 7.10. The highest BCUT2D eigenvalue weighted by Crippen LogP contribution is 2.32. The molecule has 0 spiro atoms. The summed E-state index contributed by atoms with van der Waals surface area (Å²) in [5.41, 5.74) is -1.10. The Labute approximate surface area is 131 Å². The Morgan fingerprint density at radius 2 is 2.00 bits per heavy atom. The molecule has 0 aromatic heterocycles. The summed E-state index contributed by atoms with van der Waals surface area (Å²) in [6, 6.07) is 7.34. The van der Waals surface area contributed by atoms with E-state index in [1.54, 1.807) is 35.6 Å². The van der Waals surface area contributed by atoms with E-state index in [1.165, 1.54) is 6.92 Å². The Hall–Kier alpha value is -1.64. The van der Waals surface area contributed by atoms with Crippen LogP contribution in [0.1, 0.15) is 18.9 Å². The number of carbonyl (C=O) groups is 1. The monoisotopic (exact) mass is 333 g/mol. The molecule has 0 bridgehead atoms. The van der Waals surface area contributed by atoms with Crippen LogP contribution in [0.5, 0.6) is 0 Å². The molecule has 1 heterocycles. The largest absolute Gasteiger partial charge is 0.471 e. The Morgan fingerprint density at radius 3 is 2.57 bits per heavy atom. The third kappa shape index (κ3) is 4.01. The number of benzene rings is 1. The van der Waals surface area contributed by atoms with Crippen molar-refractivity contribution in [3.05, 3.63) is 35.9 Å². The summed E-state index contributed by atoms with van der Waals surface area (Å²) in [4.78, 5) is 11.2. The van der Waals surface area contributed by atoms with E-state index < -0.39 is 36.1 Å². The van der Waals surface area contributed by atoms with Crippen LogP contribution in [-0.4, -0.2) is 46.3 Å². The molecule has 0 radical (unpaired) electrons. The van der Waals surface area contributed by atoms with Gasteiger partial charge in [-0.05, 0) is 12.5 Å². The lowest BCUT2D eigenvalue weighted by atomic mass is 9.79. The molecular formula is C15H18F3NO4. The van der Waals surface area contributed by atoms with Gasteiger partial charge in [0.1, 0.15) is 5.60 Å². The van der Waals surface area contributed by atoms with Crippen molar-refractivity contribution in [2.24, 2.45) is 0 Å². The number of hydrogen-bond donors (Lipinski definition) is 3. The van der Waals surface area contributed by atoms with E-state index in [1.807, 2.05) is 0 Å². The van der Waals surface area contributed by atoms with Gasteiger partial charge in [-0.15, -0.1) is 0 Å². The van der Waals surface area contributed by atoms with Crippen molar-refractivity contribution in [3.63, 3.8) is 0 Å². The Kier molecular flexibility index (Phi) is 4.98. The van der Waals surface area contributed by atoms with Gasteiger partial charge in [-0.2, -0.15) is 13.2 Å². The number of ether oxygens (including phenoxy) is 1. The van der Waals surface area contributed by atoms with Gasteiger partial charge in [-0.3, -0.25) is 4.79 Å². The van der Waals surface area contributed by atoms with Crippen molar-refractivity contribution in [3.8, 4) is 0 Å². The van der Waals surface area contributed by atoms with Gasteiger partial charge in [0.25, 0.3) is 0 Å². The molecule has 0 unspecified atom stereocenters. The standard InChI is InChI=1S/C15H18F3NO4/c1-9-14(22,8-10-5-3-2-4-6-10)11(7-12(20)23-9)19-13(21)15(16,17)18/h2-6,9,11-12,20,22H,7-8H2,1H3,(H,19,21)/t9-,11+,12+,14+/m1/s1. The second-order valence-corrected chi connectivity index (χ2v) is 5.65. The Balaban J connectivity index is 2.25. The first-order valence-corrected chi connectivity index (χ1v) is 7.10. The normalized spacial score (nSPS) is 31.7. The molecule has 128 valence electrons. The fourth-order valence-corrected chi connectivity index (χ4v) is 2.71. The summed E-state index contributed by atoms with van der Waals surface area (Å²) in [6.45, 7) is 1.44. The van der Waals surface area contributed by atoms with Crippen LogP contribution in [0.15, 0.2) is 30.3 Å². The summed E-state index contributed by atoms with van der Waals surface area (Å²) >= 11 is 0. The average molecular weight is 333 g/mol. The molecule has 1 fully saturated rings. The third-order valence-corrected chi connectivity index (χ3v) is 4.00. The van der Waals surface area contributed by atoms with Crippen LogP contribution in [0, 0.1) is 0 Å². The summed E-state index contributed by atoms with van der Waals surface area (Å²) in [7, 11) is 0. The molecule has 1 aliphatic rings. The second-order valence-electron chi connectivity index (χ2n) is 5.65. The van der Waals surface area contributed by atoms with Gasteiger partial charge in [0.15, 0.2) is 6.29 Å².